The molecule has 2 N–H and O–H groups in total. The van der Waals surface area contributed by atoms with E-state index in [1.807, 2.05) is 27.7 Å². The molecule has 0 rings (SSSR count). The Labute approximate surface area is 106 Å². The average molecular weight is 260 g/mol. The zero-order valence-electron chi connectivity index (χ0n) is 11.0. The van der Waals surface area contributed by atoms with Crippen LogP contribution in [0.3, 0.4) is 0 Å². The maximum absolute atomic E-state index is 10.8. The van der Waals surface area contributed by atoms with Gasteiger partial charge in [-0.25, -0.2) is 9.59 Å². The molecule has 0 aliphatic rings. The van der Waals surface area contributed by atoms with E-state index in [0.29, 0.717) is 24.5 Å². The fraction of sp³-hybridized carbons (Fsp3) is 0.583. The van der Waals surface area contributed by atoms with Crippen LogP contribution in [0.15, 0.2) is 12.2 Å². The van der Waals surface area contributed by atoms with Gasteiger partial charge in [-0.1, -0.05) is 13.8 Å². The Morgan fingerprint density at radius 3 is 1.61 bits per heavy atom. The van der Waals surface area contributed by atoms with Crippen molar-refractivity contribution in [3.8, 4) is 0 Å². The molecule has 0 heterocycles. The lowest BCUT2D eigenvalue weighted by Gasteiger charge is -2.08. The highest BCUT2D eigenvalue weighted by Gasteiger charge is 2.06. The average Bonchev–Trinajstić information content (AvgIpc) is 2.12. The van der Waals surface area contributed by atoms with E-state index in [9.17, 15) is 14.4 Å². The minimum absolute atomic E-state index is 0.0197. The summed E-state index contributed by atoms with van der Waals surface area (Å²) in [5, 5.41) is 15.6. The topological polar surface area (TPSA) is 101 Å². The molecule has 6 nitrogen and oxygen atoms in total. The zero-order valence-corrected chi connectivity index (χ0v) is 11.0. The Kier molecular flexibility index (Phi) is 10.6. The van der Waals surface area contributed by atoms with Gasteiger partial charge in [-0.15, -0.1) is 0 Å². The molecule has 18 heavy (non-hydrogen) atoms. The molecule has 0 fully saturated rings. The van der Waals surface area contributed by atoms with Crippen LogP contribution in [0.5, 0.6) is 0 Å². The van der Waals surface area contributed by atoms with Gasteiger partial charge in [-0.2, -0.15) is 0 Å². The number of aliphatic carboxylic acids is 2. The summed E-state index contributed by atoms with van der Waals surface area (Å²) >= 11 is 0. The summed E-state index contributed by atoms with van der Waals surface area (Å²) < 4.78 is 4.92. The number of carbonyl (C=O) groups excluding carboxylic acids is 1. The normalized spacial score (nSPS) is 10.1. The minimum atomic E-state index is -1.26. The molecule has 0 aliphatic heterocycles. The molecule has 0 aromatic heterocycles. The quantitative estimate of drug-likeness (QED) is 0.576. The smallest absolute Gasteiger partial charge is 0.328 e. The minimum Gasteiger partial charge on any atom is -0.478 e. The highest BCUT2D eigenvalue weighted by molar-refractivity contribution is 5.89. The predicted octanol–water partition coefficient (Wildman–Crippen LogP) is 1.70. The molecule has 0 aromatic carbocycles. The van der Waals surface area contributed by atoms with Crippen LogP contribution in [-0.4, -0.2) is 34.2 Å². The Balaban J connectivity index is 0. The van der Waals surface area contributed by atoms with E-state index in [1.54, 1.807) is 0 Å². The van der Waals surface area contributed by atoms with Crippen LogP contribution in [0.4, 0.5) is 0 Å². The van der Waals surface area contributed by atoms with Crippen LogP contribution in [0.1, 0.15) is 34.1 Å². The van der Waals surface area contributed by atoms with Crippen molar-refractivity contribution in [2.75, 3.05) is 0 Å². The summed E-state index contributed by atoms with van der Waals surface area (Å²) in [6.07, 6.45) is 1.66. The predicted molar refractivity (Wildman–Crippen MR) is 65.1 cm³/mol. The van der Waals surface area contributed by atoms with Crippen molar-refractivity contribution < 1.29 is 29.3 Å². The third-order valence-corrected chi connectivity index (χ3v) is 1.31. The van der Waals surface area contributed by atoms with Gasteiger partial charge in [-0.3, -0.25) is 4.79 Å². The summed E-state index contributed by atoms with van der Waals surface area (Å²) in [6.45, 7) is 7.72. The second kappa shape index (κ2) is 10.3. The number of rotatable bonds is 5. The van der Waals surface area contributed by atoms with E-state index >= 15 is 0 Å². The van der Waals surface area contributed by atoms with E-state index < -0.39 is 11.9 Å². The first-order valence-electron chi connectivity index (χ1n) is 5.48. The first-order valence-corrected chi connectivity index (χ1v) is 5.48. The van der Waals surface area contributed by atoms with Gasteiger partial charge in [0.05, 0.1) is 6.10 Å². The molecule has 0 unspecified atom stereocenters. The second-order valence-electron chi connectivity index (χ2n) is 4.15. The van der Waals surface area contributed by atoms with E-state index in [0.717, 1.165) is 0 Å². The van der Waals surface area contributed by atoms with Crippen molar-refractivity contribution in [1.82, 2.24) is 0 Å². The number of hydrogen-bond acceptors (Lipinski definition) is 4. The standard InChI is InChI=1S/C8H16O2.C4H4O4/c1-6(2)5-8(9)10-7(3)4;5-3(6)1-2-4(7)8/h6-7H,5H2,1-4H3;1-2H,(H,5,6)(H,7,8)/b;2-1-. The zero-order chi connectivity index (χ0) is 14.7. The lowest BCUT2D eigenvalue weighted by Crippen LogP contribution is -2.12. The maximum atomic E-state index is 10.8. The van der Waals surface area contributed by atoms with Gasteiger partial charge in [0.1, 0.15) is 0 Å². The van der Waals surface area contributed by atoms with Crippen LogP contribution < -0.4 is 0 Å². The molecule has 0 bridgehead atoms. The summed E-state index contributed by atoms with van der Waals surface area (Å²) in [6, 6.07) is 0. The van der Waals surface area contributed by atoms with Crippen molar-refractivity contribution in [3.63, 3.8) is 0 Å². The highest BCUT2D eigenvalue weighted by atomic mass is 16.5. The van der Waals surface area contributed by atoms with Crippen LogP contribution in [-0.2, 0) is 19.1 Å². The van der Waals surface area contributed by atoms with Gasteiger partial charge >= 0.3 is 17.9 Å². The number of ether oxygens (including phenoxy) is 1. The lowest BCUT2D eigenvalue weighted by molar-refractivity contribution is -0.148. The molecule has 6 heteroatoms. The van der Waals surface area contributed by atoms with E-state index in [2.05, 4.69) is 0 Å². The van der Waals surface area contributed by atoms with Crippen LogP contribution in [0.2, 0.25) is 0 Å². The van der Waals surface area contributed by atoms with Crippen molar-refractivity contribution in [2.45, 2.75) is 40.2 Å². The van der Waals surface area contributed by atoms with Gasteiger partial charge in [-0.05, 0) is 19.8 Å². The number of carboxylic acid groups (broad SMARTS) is 2. The third-order valence-electron chi connectivity index (χ3n) is 1.31. The van der Waals surface area contributed by atoms with Crippen molar-refractivity contribution in [3.05, 3.63) is 12.2 Å². The van der Waals surface area contributed by atoms with Gasteiger partial charge < -0.3 is 14.9 Å². The molecule has 0 saturated carbocycles. The monoisotopic (exact) mass is 260 g/mol. The maximum Gasteiger partial charge on any atom is 0.328 e. The van der Waals surface area contributed by atoms with E-state index in [-0.39, 0.29) is 12.1 Å². The van der Waals surface area contributed by atoms with Gasteiger partial charge in [0.15, 0.2) is 0 Å². The van der Waals surface area contributed by atoms with Crippen molar-refractivity contribution in [1.29, 1.82) is 0 Å². The van der Waals surface area contributed by atoms with Gasteiger partial charge in [0.2, 0.25) is 0 Å². The molecule has 0 spiro atoms. The van der Waals surface area contributed by atoms with Crippen LogP contribution in [0, 0.1) is 5.92 Å². The lowest BCUT2D eigenvalue weighted by atomic mass is 10.1. The Bertz CT molecular complexity index is 276. The highest BCUT2D eigenvalue weighted by Crippen LogP contribution is 2.02. The van der Waals surface area contributed by atoms with Gasteiger partial charge in [0, 0.05) is 18.6 Å². The summed E-state index contributed by atoms with van der Waals surface area (Å²) in [5.41, 5.74) is 0. The first-order chi connectivity index (χ1) is 8.15. The van der Waals surface area contributed by atoms with E-state index in [1.165, 1.54) is 0 Å². The third kappa shape index (κ3) is 19.7. The molecule has 0 aromatic rings. The SMILES string of the molecule is CC(C)CC(=O)OC(C)C.O=C(O)/C=C\C(=O)O. The fourth-order valence-electron chi connectivity index (χ4n) is 0.787. The summed E-state index contributed by atoms with van der Waals surface area (Å²) in [4.78, 5) is 29.9. The molecular formula is C12H20O6. The fourth-order valence-corrected chi connectivity index (χ4v) is 0.787. The van der Waals surface area contributed by atoms with Crippen molar-refractivity contribution in [2.24, 2.45) is 5.92 Å². The second-order valence-corrected chi connectivity index (χ2v) is 4.15. The van der Waals surface area contributed by atoms with Gasteiger partial charge in [0.25, 0.3) is 0 Å². The summed E-state index contributed by atoms with van der Waals surface area (Å²) in [5.74, 6) is -2.21. The Morgan fingerprint density at radius 1 is 1.00 bits per heavy atom. The Morgan fingerprint density at radius 2 is 1.39 bits per heavy atom. The Hall–Kier alpha value is -1.85. The molecule has 0 aliphatic carbocycles. The largest absolute Gasteiger partial charge is 0.478 e. The molecule has 0 atom stereocenters. The van der Waals surface area contributed by atoms with E-state index in [4.69, 9.17) is 14.9 Å². The molecule has 0 radical (unpaired) electrons. The number of esters is 1. The summed E-state index contributed by atoms with van der Waals surface area (Å²) in [7, 11) is 0. The number of hydrogen-bond donors (Lipinski definition) is 2. The molecule has 104 valence electrons. The molecule has 0 saturated heterocycles. The first kappa shape index (κ1) is 18.5. The number of carboxylic acids is 2. The molecular weight excluding hydrogens is 240 g/mol. The molecule has 0 amide bonds. The van der Waals surface area contributed by atoms with Crippen LogP contribution in [0.25, 0.3) is 0 Å². The van der Waals surface area contributed by atoms with Crippen LogP contribution >= 0.6 is 0 Å². The number of carbonyl (C=O) groups is 3. The van der Waals surface area contributed by atoms with Crippen molar-refractivity contribution >= 4 is 17.9 Å².